The van der Waals surface area contributed by atoms with Crippen molar-refractivity contribution in [3.05, 3.63) is 56.3 Å². The largest absolute Gasteiger partial charge is 0.459 e. The summed E-state index contributed by atoms with van der Waals surface area (Å²) in [6.45, 7) is 4.88. The summed E-state index contributed by atoms with van der Waals surface area (Å²) in [5.41, 5.74) is 4.97. The molecule has 1 aromatic carbocycles. The summed E-state index contributed by atoms with van der Waals surface area (Å²) in [7, 11) is 0. The second kappa shape index (κ2) is 8.44. The van der Waals surface area contributed by atoms with Gasteiger partial charge in [0.1, 0.15) is 6.61 Å². The molecule has 0 bridgehead atoms. The second-order valence-electron chi connectivity index (χ2n) is 8.01. The molecule has 0 saturated carbocycles. The SMILES string of the molecule is CC1=C(C(=O)OC[C@H]2CCCO2)[C@H](c2ccc(C)c(Br)c2)C2=C(CCCC2=O)N1. The van der Waals surface area contributed by atoms with Crippen LogP contribution in [0.3, 0.4) is 0 Å². The average Bonchev–Trinajstić information content (AvgIpc) is 3.21. The first-order valence-electron chi connectivity index (χ1n) is 10.2. The standard InChI is InChI=1S/C23H26BrNO4/c1-13-8-9-15(11-17(13)24)21-20(23(27)29-12-16-5-4-10-28-16)14(2)25-18-6-3-7-19(26)22(18)21/h8-9,11,16,21,25H,3-7,10,12H2,1-2H3/t16-,21+/m1/s1. The first-order valence-corrected chi connectivity index (χ1v) is 11.0. The summed E-state index contributed by atoms with van der Waals surface area (Å²) in [6, 6.07) is 6.03. The van der Waals surface area contributed by atoms with Crippen LogP contribution < -0.4 is 5.32 Å². The molecule has 1 N–H and O–H groups in total. The fourth-order valence-electron chi connectivity index (χ4n) is 4.40. The van der Waals surface area contributed by atoms with E-state index in [1.54, 1.807) is 0 Å². The number of carbonyl (C=O) groups excluding carboxylic acids is 2. The van der Waals surface area contributed by atoms with Crippen molar-refractivity contribution in [2.45, 2.75) is 58.0 Å². The first kappa shape index (κ1) is 20.4. The Kier molecular flexibility index (Phi) is 5.93. The number of carbonyl (C=O) groups is 2. The Morgan fingerprint density at radius 2 is 2.10 bits per heavy atom. The molecular formula is C23H26BrNO4. The molecular weight excluding hydrogens is 434 g/mol. The molecule has 5 nitrogen and oxygen atoms in total. The highest BCUT2D eigenvalue weighted by atomic mass is 79.9. The van der Waals surface area contributed by atoms with Crippen LogP contribution in [0, 0.1) is 6.92 Å². The molecule has 2 aliphatic heterocycles. The highest BCUT2D eigenvalue weighted by molar-refractivity contribution is 9.10. The van der Waals surface area contributed by atoms with Crippen LogP contribution in [0.15, 0.2) is 45.2 Å². The highest BCUT2D eigenvalue weighted by Gasteiger charge is 2.39. The molecule has 1 aromatic rings. The number of nitrogens with one attached hydrogen (secondary N) is 1. The van der Waals surface area contributed by atoms with Crippen molar-refractivity contribution < 1.29 is 19.1 Å². The lowest BCUT2D eigenvalue weighted by atomic mass is 9.75. The van der Waals surface area contributed by atoms with Gasteiger partial charge in [0.05, 0.1) is 11.7 Å². The molecule has 1 aliphatic carbocycles. The van der Waals surface area contributed by atoms with Gasteiger partial charge in [-0.25, -0.2) is 4.79 Å². The zero-order valence-corrected chi connectivity index (χ0v) is 18.4. The van der Waals surface area contributed by atoms with Crippen molar-refractivity contribution >= 4 is 27.7 Å². The maximum Gasteiger partial charge on any atom is 0.336 e. The Labute approximate surface area is 179 Å². The maximum absolute atomic E-state index is 13.2. The first-order chi connectivity index (χ1) is 14.0. The smallest absolute Gasteiger partial charge is 0.336 e. The van der Waals surface area contributed by atoms with E-state index in [-0.39, 0.29) is 24.5 Å². The van der Waals surface area contributed by atoms with Crippen molar-refractivity contribution in [1.29, 1.82) is 0 Å². The van der Waals surface area contributed by atoms with Gasteiger partial charge in [-0.3, -0.25) is 4.79 Å². The third-order valence-electron chi connectivity index (χ3n) is 5.95. The van der Waals surface area contributed by atoms with Crippen LogP contribution in [0.5, 0.6) is 0 Å². The summed E-state index contributed by atoms with van der Waals surface area (Å²) in [4.78, 5) is 26.1. The predicted molar refractivity (Wildman–Crippen MR) is 113 cm³/mol. The van der Waals surface area contributed by atoms with E-state index in [1.165, 1.54) is 0 Å². The van der Waals surface area contributed by atoms with Crippen molar-refractivity contribution in [1.82, 2.24) is 5.32 Å². The number of allylic oxidation sites excluding steroid dienone is 3. The van der Waals surface area contributed by atoms with Crippen molar-refractivity contribution in [2.75, 3.05) is 13.2 Å². The van der Waals surface area contributed by atoms with E-state index in [0.29, 0.717) is 17.6 Å². The fourth-order valence-corrected chi connectivity index (χ4v) is 4.79. The van der Waals surface area contributed by atoms with Gasteiger partial charge in [-0.05, 0) is 56.7 Å². The maximum atomic E-state index is 13.2. The third kappa shape index (κ3) is 4.05. The van der Waals surface area contributed by atoms with Crippen LogP contribution in [0.25, 0.3) is 0 Å². The van der Waals surface area contributed by atoms with Gasteiger partial charge >= 0.3 is 5.97 Å². The molecule has 3 aliphatic rings. The molecule has 0 radical (unpaired) electrons. The molecule has 2 heterocycles. The Bertz CT molecular complexity index is 911. The van der Waals surface area contributed by atoms with Crippen molar-refractivity contribution in [3.63, 3.8) is 0 Å². The Morgan fingerprint density at radius 3 is 2.83 bits per heavy atom. The number of hydrogen-bond acceptors (Lipinski definition) is 5. The van der Waals surface area contributed by atoms with E-state index >= 15 is 0 Å². The lowest BCUT2D eigenvalue weighted by molar-refractivity contribution is -0.142. The van der Waals surface area contributed by atoms with Gasteiger partial charge in [0.2, 0.25) is 0 Å². The lowest BCUT2D eigenvalue weighted by Gasteiger charge is -2.34. The van der Waals surface area contributed by atoms with Crippen LogP contribution >= 0.6 is 15.9 Å². The number of dihydropyridines is 1. The quantitative estimate of drug-likeness (QED) is 0.673. The molecule has 6 heteroatoms. The van der Waals surface area contributed by atoms with E-state index in [2.05, 4.69) is 21.2 Å². The van der Waals surface area contributed by atoms with Gasteiger partial charge in [0.25, 0.3) is 0 Å². The van der Waals surface area contributed by atoms with Crippen LogP contribution in [0.4, 0.5) is 0 Å². The lowest BCUT2D eigenvalue weighted by Crippen LogP contribution is -2.35. The Hall–Kier alpha value is -1.92. The zero-order chi connectivity index (χ0) is 20.5. The van der Waals surface area contributed by atoms with Gasteiger partial charge in [-0.15, -0.1) is 0 Å². The number of aryl methyl sites for hydroxylation is 1. The van der Waals surface area contributed by atoms with Crippen molar-refractivity contribution in [3.8, 4) is 0 Å². The normalized spacial score (nSPS) is 24.4. The van der Waals surface area contributed by atoms with E-state index in [0.717, 1.165) is 59.3 Å². The minimum atomic E-state index is -0.409. The van der Waals surface area contributed by atoms with E-state index < -0.39 is 5.92 Å². The second-order valence-corrected chi connectivity index (χ2v) is 8.86. The number of Topliss-reactive ketones (excluding diaryl/α,β-unsaturated/α-hetero) is 1. The minimum Gasteiger partial charge on any atom is -0.459 e. The Balaban J connectivity index is 1.71. The van der Waals surface area contributed by atoms with Crippen LogP contribution in [0.2, 0.25) is 0 Å². The number of esters is 1. The summed E-state index contributed by atoms with van der Waals surface area (Å²) < 4.78 is 12.2. The molecule has 0 spiro atoms. The van der Waals surface area contributed by atoms with E-state index in [4.69, 9.17) is 9.47 Å². The van der Waals surface area contributed by atoms with E-state index in [9.17, 15) is 9.59 Å². The number of benzene rings is 1. The van der Waals surface area contributed by atoms with Crippen LogP contribution in [-0.4, -0.2) is 31.1 Å². The molecule has 0 aromatic heterocycles. The van der Waals surface area contributed by atoms with Crippen molar-refractivity contribution in [2.24, 2.45) is 0 Å². The number of ether oxygens (including phenoxy) is 2. The monoisotopic (exact) mass is 459 g/mol. The van der Waals surface area contributed by atoms with Crippen LogP contribution in [0.1, 0.15) is 56.1 Å². The minimum absolute atomic E-state index is 0.0329. The summed E-state index contributed by atoms with van der Waals surface area (Å²) in [5, 5.41) is 3.33. The molecule has 1 fully saturated rings. The zero-order valence-electron chi connectivity index (χ0n) is 16.8. The third-order valence-corrected chi connectivity index (χ3v) is 6.80. The summed E-state index contributed by atoms with van der Waals surface area (Å²) in [6.07, 6.45) is 4.04. The molecule has 2 atom stereocenters. The summed E-state index contributed by atoms with van der Waals surface area (Å²) >= 11 is 3.60. The fraction of sp³-hybridized carbons (Fsp3) is 0.478. The predicted octanol–water partition coefficient (Wildman–Crippen LogP) is 4.45. The van der Waals surface area contributed by atoms with Gasteiger partial charge < -0.3 is 14.8 Å². The molecule has 4 rings (SSSR count). The number of rotatable bonds is 4. The van der Waals surface area contributed by atoms with Crippen LogP contribution in [-0.2, 0) is 19.1 Å². The molecule has 0 unspecified atom stereocenters. The topological polar surface area (TPSA) is 64.6 Å². The molecule has 0 amide bonds. The Morgan fingerprint density at radius 1 is 1.28 bits per heavy atom. The van der Waals surface area contributed by atoms with E-state index in [1.807, 2.05) is 32.0 Å². The molecule has 154 valence electrons. The number of ketones is 1. The number of hydrogen-bond donors (Lipinski definition) is 1. The summed E-state index contributed by atoms with van der Waals surface area (Å²) in [5.74, 6) is -0.678. The van der Waals surface area contributed by atoms with Gasteiger partial charge in [0.15, 0.2) is 5.78 Å². The van der Waals surface area contributed by atoms with Gasteiger partial charge in [-0.1, -0.05) is 28.1 Å². The van der Waals surface area contributed by atoms with Gasteiger partial charge in [-0.2, -0.15) is 0 Å². The number of halogens is 1. The molecule has 29 heavy (non-hydrogen) atoms. The highest BCUT2D eigenvalue weighted by Crippen LogP contribution is 2.43. The average molecular weight is 460 g/mol. The van der Waals surface area contributed by atoms with Gasteiger partial charge in [0, 0.05) is 40.4 Å². The molecule has 1 saturated heterocycles.